The molecule has 0 fully saturated rings. The molecule has 0 bridgehead atoms. The van der Waals surface area contributed by atoms with E-state index in [1.807, 2.05) is 12.1 Å². The van der Waals surface area contributed by atoms with Crippen LogP contribution in [0.3, 0.4) is 0 Å². The van der Waals surface area contributed by atoms with Gasteiger partial charge in [0, 0.05) is 18.1 Å². The average Bonchev–Trinajstić information content (AvgIpc) is 2.50. The van der Waals surface area contributed by atoms with Crippen LogP contribution in [0.1, 0.15) is 11.1 Å². The van der Waals surface area contributed by atoms with Crippen LogP contribution in [0.2, 0.25) is 5.02 Å². The highest BCUT2D eigenvalue weighted by molar-refractivity contribution is 6.30. The third-order valence-electron chi connectivity index (χ3n) is 3.78. The predicted molar refractivity (Wildman–Crippen MR) is 85.5 cm³/mol. The maximum atomic E-state index is 13.7. The fourth-order valence-electron chi connectivity index (χ4n) is 2.67. The largest absolute Gasteiger partial charge is 0.322 e. The fourth-order valence-corrected chi connectivity index (χ4v) is 2.83. The van der Waals surface area contributed by atoms with Gasteiger partial charge >= 0.3 is 0 Å². The van der Waals surface area contributed by atoms with Gasteiger partial charge in [0.1, 0.15) is 5.82 Å². The smallest absolute Gasteiger partial charge is 0.238 e. The van der Waals surface area contributed by atoms with Crippen LogP contribution in [0.25, 0.3) is 0 Å². The molecule has 0 unspecified atom stereocenters. The number of anilines is 1. The van der Waals surface area contributed by atoms with Crippen molar-refractivity contribution in [1.29, 1.82) is 0 Å². The molecule has 1 N–H and O–H groups in total. The molecule has 0 aliphatic carbocycles. The summed E-state index contributed by atoms with van der Waals surface area (Å²) in [5, 5.41) is 2.90. The molecular weight excluding hydrogens is 303 g/mol. The second kappa shape index (κ2) is 6.46. The van der Waals surface area contributed by atoms with Gasteiger partial charge in [-0.3, -0.25) is 9.69 Å². The second-order valence-corrected chi connectivity index (χ2v) is 5.84. The van der Waals surface area contributed by atoms with Gasteiger partial charge in [-0.05, 0) is 35.7 Å². The Balaban J connectivity index is 1.61. The van der Waals surface area contributed by atoms with E-state index >= 15 is 0 Å². The minimum absolute atomic E-state index is 0.159. The van der Waals surface area contributed by atoms with Crippen LogP contribution in [0.5, 0.6) is 0 Å². The zero-order valence-electron chi connectivity index (χ0n) is 12.0. The summed E-state index contributed by atoms with van der Waals surface area (Å²) in [4.78, 5) is 14.1. The van der Waals surface area contributed by atoms with Crippen molar-refractivity contribution in [3.8, 4) is 0 Å². The summed E-state index contributed by atoms with van der Waals surface area (Å²) in [6.07, 6.45) is 0.929. The molecule has 0 spiro atoms. The molecule has 114 valence electrons. The van der Waals surface area contributed by atoms with Crippen LogP contribution >= 0.6 is 11.6 Å². The lowest BCUT2D eigenvalue weighted by atomic mass is 10.00. The summed E-state index contributed by atoms with van der Waals surface area (Å²) in [7, 11) is 0. The minimum Gasteiger partial charge on any atom is -0.322 e. The van der Waals surface area contributed by atoms with Crippen LogP contribution in [0, 0.1) is 5.82 Å². The van der Waals surface area contributed by atoms with E-state index in [4.69, 9.17) is 11.6 Å². The van der Waals surface area contributed by atoms with E-state index in [0.717, 1.165) is 19.5 Å². The summed E-state index contributed by atoms with van der Waals surface area (Å²) in [6, 6.07) is 12.5. The maximum Gasteiger partial charge on any atom is 0.238 e. The second-order valence-electron chi connectivity index (χ2n) is 5.40. The standard InChI is InChI=1S/C17H16ClFN2O/c18-14-5-6-16(15(19)9-14)20-17(22)11-21-8-7-12-3-1-2-4-13(12)10-21/h1-6,9H,7-8,10-11H2,(H,20,22). The quantitative estimate of drug-likeness (QED) is 0.939. The van der Waals surface area contributed by atoms with Crippen molar-refractivity contribution < 1.29 is 9.18 Å². The monoisotopic (exact) mass is 318 g/mol. The molecular formula is C17H16ClFN2O. The van der Waals surface area contributed by atoms with E-state index in [9.17, 15) is 9.18 Å². The van der Waals surface area contributed by atoms with Crippen LogP contribution in [-0.4, -0.2) is 23.9 Å². The van der Waals surface area contributed by atoms with Crippen LogP contribution in [0.4, 0.5) is 10.1 Å². The van der Waals surface area contributed by atoms with E-state index < -0.39 is 5.82 Å². The number of hydrogen-bond donors (Lipinski definition) is 1. The highest BCUT2D eigenvalue weighted by Crippen LogP contribution is 2.20. The lowest BCUT2D eigenvalue weighted by Gasteiger charge is -2.28. The third kappa shape index (κ3) is 3.46. The molecule has 1 amide bonds. The number of nitrogens with one attached hydrogen (secondary N) is 1. The molecule has 1 heterocycles. The number of rotatable bonds is 3. The van der Waals surface area contributed by atoms with Gasteiger partial charge < -0.3 is 5.32 Å². The van der Waals surface area contributed by atoms with Gasteiger partial charge in [-0.1, -0.05) is 35.9 Å². The number of carbonyl (C=O) groups is 1. The van der Waals surface area contributed by atoms with Crippen LogP contribution < -0.4 is 5.32 Å². The molecule has 3 nitrogen and oxygen atoms in total. The Morgan fingerprint density at radius 3 is 2.77 bits per heavy atom. The van der Waals surface area contributed by atoms with Gasteiger partial charge in [-0.25, -0.2) is 4.39 Å². The first-order valence-corrected chi connectivity index (χ1v) is 7.53. The first kappa shape index (κ1) is 15.0. The van der Waals surface area contributed by atoms with Gasteiger partial charge in [0.05, 0.1) is 12.2 Å². The molecule has 0 radical (unpaired) electrons. The van der Waals surface area contributed by atoms with Crippen LogP contribution in [-0.2, 0) is 17.8 Å². The van der Waals surface area contributed by atoms with E-state index in [2.05, 4.69) is 22.3 Å². The Hall–Kier alpha value is -1.91. The van der Waals surface area contributed by atoms with Crippen molar-refractivity contribution in [2.45, 2.75) is 13.0 Å². The van der Waals surface area contributed by atoms with Crippen molar-refractivity contribution in [1.82, 2.24) is 4.90 Å². The highest BCUT2D eigenvalue weighted by Gasteiger charge is 2.18. The normalized spacial score (nSPS) is 14.5. The first-order chi connectivity index (χ1) is 10.6. The van der Waals surface area contributed by atoms with E-state index in [-0.39, 0.29) is 18.1 Å². The molecule has 1 aliphatic rings. The van der Waals surface area contributed by atoms with Crippen molar-refractivity contribution in [3.63, 3.8) is 0 Å². The molecule has 0 saturated carbocycles. The van der Waals surface area contributed by atoms with E-state index in [1.165, 1.54) is 23.3 Å². The molecule has 0 aromatic heterocycles. The Morgan fingerprint density at radius 1 is 1.23 bits per heavy atom. The summed E-state index contributed by atoms with van der Waals surface area (Å²) in [6.45, 7) is 1.82. The van der Waals surface area contributed by atoms with Crippen LogP contribution in [0.15, 0.2) is 42.5 Å². The van der Waals surface area contributed by atoms with Gasteiger partial charge in [-0.2, -0.15) is 0 Å². The molecule has 1 aliphatic heterocycles. The maximum absolute atomic E-state index is 13.7. The number of fused-ring (bicyclic) bond motifs is 1. The zero-order valence-corrected chi connectivity index (χ0v) is 12.7. The SMILES string of the molecule is O=C(CN1CCc2ccccc2C1)Nc1ccc(Cl)cc1F. The predicted octanol–water partition coefficient (Wildman–Crippen LogP) is 3.48. The first-order valence-electron chi connectivity index (χ1n) is 7.16. The van der Waals surface area contributed by atoms with E-state index in [0.29, 0.717) is 5.02 Å². The zero-order chi connectivity index (χ0) is 15.5. The lowest BCUT2D eigenvalue weighted by Crippen LogP contribution is -2.37. The Kier molecular flexibility index (Phi) is 4.41. The number of halogens is 2. The number of hydrogen-bond acceptors (Lipinski definition) is 2. The Morgan fingerprint density at radius 2 is 2.00 bits per heavy atom. The van der Waals surface area contributed by atoms with Crippen molar-refractivity contribution in [3.05, 3.63) is 64.4 Å². The van der Waals surface area contributed by atoms with Gasteiger partial charge in [0.25, 0.3) is 0 Å². The summed E-state index contributed by atoms with van der Waals surface area (Å²) < 4.78 is 13.7. The van der Waals surface area contributed by atoms with Crippen molar-refractivity contribution in [2.75, 3.05) is 18.4 Å². The average molecular weight is 319 g/mol. The molecule has 3 rings (SSSR count). The fraction of sp³-hybridized carbons (Fsp3) is 0.235. The molecule has 22 heavy (non-hydrogen) atoms. The molecule has 2 aromatic rings. The molecule has 0 saturated heterocycles. The number of nitrogens with zero attached hydrogens (tertiary/aromatic N) is 1. The van der Waals surface area contributed by atoms with E-state index in [1.54, 1.807) is 6.07 Å². The topological polar surface area (TPSA) is 32.3 Å². The Bertz CT molecular complexity index is 705. The Labute approximate surface area is 133 Å². The third-order valence-corrected chi connectivity index (χ3v) is 4.02. The molecule has 5 heteroatoms. The molecule has 2 aromatic carbocycles. The number of amides is 1. The summed E-state index contributed by atoms with van der Waals surface area (Å²) >= 11 is 5.70. The number of carbonyl (C=O) groups excluding carboxylic acids is 1. The highest BCUT2D eigenvalue weighted by atomic mass is 35.5. The van der Waals surface area contributed by atoms with Crippen molar-refractivity contribution >= 4 is 23.2 Å². The lowest BCUT2D eigenvalue weighted by molar-refractivity contribution is -0.117. The summed E-state index contributed by atoms with van der Waals surface area (Å²) in [5.41, 5.74) is 2.74. The van der Waals surface area contributed by atoms with Crippen molar-refractivity contribution in [2.24, 2.45) is 0 Å². The summed E-state index contributed by atoms with van der Waals surface area (Å²) in [5.74, 6) is -0.745. The van der Waals surface area contributed by atoms with Gasteiger partial charge in [0.15, 0.2) is 0 Å². The number of benzene rings is 2. The van der Waals surface area contributed by atoms with Gasteiger partial charge in [0.2, 0.25) is 5.91 Å². The molecule has 0 atom stereocenters. The minimum atomic E-state index is -0.523. The van der Waals surface area contributed by atoms with Gasteiger partial charge in [-0.15, -0.1) is 0 Å².